The fraction of sp³-hybridized carbons (Fsp3) is 0.462. The van der Waals surface area contributed by atoms with Gasteiger partial charge in [0.05, 0.1) is 7.11 Å². The van der Waals surface area contributed by atoms with Gasteiger partial charge in [-0.15, -0.1) is 0 Å². The van der Waals surface area contributed by atoms with Crippen molar-refractivity contribution in [1.29, 1.82) is 0 Å². The van der Waals surface area contributed by atoms with Crippen LogP contribution in [-0.2, 0) is 13.8 Å². The van der Waals surface area contributed by atoms with Gasteiger partial charge in [-0.3, -0.25) is 4.79 Å². The predicted molar refractivity (Wildman–Crippen MR) is 78.7 cm³/mol. The van der Waals surface area contributed by atoms with E-state index in [9.17, 15) is 13.2 Å². The van der Waals surface area contributed by atoms with E-state index in [-0.39, 0.29) is 16.6 Å². The summed E-state index contributed by atoms with van der Waals surface area (Å²) >= 11 is 0. The van der Waals surface area contributed by atoms with Crippen molar-refractivity contribution in [1.82, 2.24) is 0 Å². The molecular formula is C13H18ClNO4S. The van der Waals surface area contributed by atoms with Gasteiger partial charge in [-0.2, -0.15) is 0 Å². The first-order valence-corrected chi connectivity index (χ1v) is 8.37. The van der Waals surface area contributed by atoms with Gasteiger partial charge in [-0.1, -0.05) is 20.8 Å². The molecule has 0 radical (unpaired) electrons. The molecule has 0 spiro atoms. The zero-order valence-corrected chi connectivity index (χ0v) is 13.4. The first-order chi connectivity index (χ1) is 9.11. The number of hydrogen-bond acceptors (Lipinski definition) is 4. The van der Waals surface area contributed by atoms with Crippen molar-refractivity contribution in [3.05, 3.63) is 18.2 Å². The lowest BCUT2D eigenvalue weighted by Gasteiger charge is -2.21. The standard InChI is InChI=1S/C13H18ClNO4S/c1-5-13(2,3)12(16)15-9-6-7-11(20(14,17)18)10(8-9)19-4/h6-8H,5H2,1-4H3,(H,15,16). The van der Waals surface area contributed by atoms with Gasteiger partial charge < -0.3 is 10.1 Å². The van der Waals surface area contributed by atoms with Crippen molar-refractivity contribution >= 4 is 31.3 Å². The van der Waals surface area contributed by atoms with E-state index in [1.165, 1.54) is 25.3 Å². The van der Waals surface area contributed by atoms with Crippen molar-refractivity contribution < 1.29 is 17.9 Å². The highest BCUT2D eigenvalue weighted by atomic mass is 35.7. The summed E-state index contributed by atoms with van der Waals surface area (Å²) in [5.41, 5.74) is -0.0535. The lowest BCUT2D eigenvalue weighted by Crippen LogP contribution is -2.30. The molecule has 0 aliphatic carbocycles. The van der Waals surface area contributed by atoms with Crippen LogP contribution in [0.25, 0.3) is 0 Å². The minimum absolute atomic E-state index is 0.0899. The van der Waals surface area contributed by atoms with Gasteiger partial charge in [0.1, 0.15) is 10.6 Å². The highest BCUT2D eigenvalue weighted by Gasteiger charge is 2.26. The molecule has 0 fully saturated rings. The lowest BCUT2D eigenvalue weighted by molar-refractivity contribution is -0.124. The first-order valence-electron chi connectivity index (χ1n) is 6.06. The third kappa shape index (κ3) is 3.86. The Morgan fingerprint density at radius 2 is 2.00 bits per heavy atom. The van der Waals surface area contributed by atoms with E-state index in [0.717, 1.165) is 0 Å². The molecule has 0 aromatic heterocycles. The van der Waals surface area contributed by atoms with Gasteiger partial charge >= 0.3 is 0 Å². The zero-order valence-electron chi connectivity index (χ0n) is 11.9. The Balaban J connectivity index is 3.09. The number of nitrogens with one attached hydrogen (secondary N) is 1. The van der Waals surface area contributed by atoms with Crippen LogP contribution in [-0.4, -0.2) is 21.4 Å². The summed E-state index contributed by atoms with van der Waals surface area (Å²) in [5.74, 6) is -0.0596. The molecular weight excluding hydrogens is 302 g/mol. The zero-order chi connectivity index (χ0) is 15.6. The second-order valence-corrected chi connectivity index (χ2v) is 7.53. The molecule has 112 valence electrons. The van der Waals surface area contributed by atoms with Crippen molar-refractivity contribution in [3.8, 4) is 5.75 Å². The van der Waals surface area contributed by atoms with Crippen molar-refractivity contribution in [2.24, 2.45) is 5.41 Å². The number of rotatable bonds is 5. The molecule has 0 bridgehead atoms. The number of amides is 1. The number of hydrogen-bond donors (Lipinski definition) is 1. The quantitative estimate of drug-likeness (QED) is 0.847. The molecule has 0 saturated carbocycles. The van der Waals surface area contributed by atoms with Crippen LogP contribution in [0, 0.1) is 5.41 Å². The predicted octanol–water partition coefficient (Wildman–Crippen LogP) is 3.00. The van der Waals surface area contributed by atoms with E-state index in [4.69, 9.17) is 15.4 Å². The van der Waals surface area contributed by atoms with Gasteiger partial charge in [-0.25, -0.2) is 8.42 Å². The molecule has 0 atom stereocenters. The number of ether oxygens (including phenoxy) is 1. The summed E-state index contributed by atoms with van der Waals surface area (Å²) in [4.78, 5) is 11.9. The molecule has 5 nitrogen and oxygen atoms in total. The SMILES string of the molecule is CCC(C)(C)C(=O)Nc1ccc(S(=O)(=O)Cl)c(OC)c1. The smallest absolute Gasteiger partial charge is 0.264 e. The van der Waals surface area contributed by atoms with Crippen LogP contribution in [0.5, 0.6) is 5.75 Å². The number of carbonyl (C=O) groups excluding carboxylic acids is 1. The molecule has 1 rings (SSSR count). The van der Waals surface area contributed by atoms with Gasteiger partial charge in [-0.05, 0) is 18.6 Å². The molecule has 1 N–H and O–H groups in total. The van der Waals surface area contributed by atoms with Crippen LogP contribution in [0.1, 0.15) is 27.2 Å². The van der Waals surface area contributed by atoms with Gasteiger partial charge in [0.2, 0.25) is 5.91 Å². The van der Waals surface area contributed by atoms with E-state index in [2.05, 4.69) is 5.32 Å². The molecule has 0 unspecified atom stereocenters. The minimum Gasteiger partial charge on any atom is -0.495 e. The molecule has 0 aliphatic heterocycles. The molecule has 1 aromatic carbocycles. The van der Waals surface area contributed by atoms with Crippen LogP contribution >= 0.6 is 10.7 Å². The van der Waals surface area contributed by atoms with E-state index >= 15 is 0 Å². The summed E-state index contributed by atoms with van der Waals surface area (Å²) in [6.45, 7) is 5.58. The van der Waals surface area contributed by atoms with Gasteiger partial charge in [0.25, 0.3) is 9.05 Å². The van der Waals surface area contributed by atoms with Crippen LogP contribution < -0.4 is 10.1 Å². The molecule has 0 aliphatic rings. The minimum atomic E-state index is -3.89. The summed E-state index contributed by atoms with van der Waals surface area (Å²) in [6.07, 6.45) is 0.685. The van der Waals surface area contributed by atoms with E-state index in [1.54, 1.807) is 0 Å². The van der Waals surface area contributed by atoms with Crippen LogP contribution in [0.2, 0.25) is 0 Å². The fourth-order valence-corrected chi connectivity index (χ4v) is 2.40. The van der Waals surface area contributed by atoms with Gasteiger partial charge in [0, 0.05) is 27.9 Å². The maximum Gasteiger partial charge on any atom is 0.264 e. The second kappa shape index (κ2) is 6.01. The second-order valence-electron chi connectivity index (χ2n) is 5.00. The van der Waals surface area contributed by atoms with Crippen LogP contribution in [0.4, 0.5) is 5.69 Å². The average Bonchev–Trinajstić information content (AvgIpc) is 2.37. The third-order valence-electron chi connectivity index (χ3n) is 3.18. The Morgan fingerprint density at radius 3 is 2.45 bits per heavy atom. The molecule has 7 heteroatoms. The Hall–Kier alpha value is -1.27. The monoisotopic (exact) mass is 319 g/mol. The molecule has 0 saturated heterocycles. The van der Waals surface area contributed by atoms with E-state index in [0.29, 0.717) is 12.1 Å². The Kier molecular flexibility index (Phi) is 5.05. The topological polar surface area (TPSA) is 72.5 Å². The summed E-state index contributed by atoms with van der Waals surface area (Å²) in [7, 11) is 2.75. The summed E-state index contributed by atoms with van der Waals surface area (Å²) in [6, 6.07) is 4.20. The Labute approximate surface area is 123 Å². The third-order valence-corrected chi connectivity index (χ3v) is 4.54. The molecule has 20 heavy (non-hydrogen) atoms. The van der Waals surface area contributed by atoms with Crippen LogP contribution in [0.15, 0.2) is 23.1 Å². The number of carbonyl (C=O) groups is 1. The average molecular weight is 320 g/mol. The number of methoxy groups -OCH3 is 1. The summed E-state index contributed by atoms with van der Waals surface area (Å²) < 4.78 is 27.7. The summed E-state index contributed by atoms with van der Waals surface area (Å²) in [5, 5.41) is 2.73. The number of benzene rings is 1. The van der Waals surface area contributed by atoms with E-state index in [1.807, 2.05) is 20.8 Å². The molecule has 0 heterocycles. The Morgan fingerprint density at radius 1 is 1.40 bits per heavy atom. The van der Waals surface area contributed by atoms with Crippen molar-refractivity contribution in [3.63, 3.8) is 0 Å². The first kappa shape index (κ1) is 16.8. The highest BCUT2D eigenvalue weighted by Crippen LogP contribution is 2.30. The maximum atomic E-state index is 12.1. The maximum absolute atomic E-state index is 12.1. The fourth-order valence-electron chi connectivity index (χ4n) is 1.41. The largest absolute Gasteiger partial charge is 0.495 e. The molecule has 1 aromatic rings. The lowest BCUT2D eigenvalue weighted by atomic mass is 9.89. The van der Waals surface area contributed by atoms with Gasteiger partial charge in [0.15, 0.2) is 0 Å². The number of anilines is 1. The van der Waals surface area contributed by atoms with Crippen molar-refractivity contribution in [2.75, 3.05) is 12.4 Å². The molecule has 1 amide bonds. The Bertz CT molecular complexity index is 611. The van der Waals surface area contributed by atoms with Crippen LogP contribution in [0.3, 0.4) is 0 Å². The van der Waals surface area contributed by atoms with E-state index < -0.39 is 14.5 Å². The normalized spacial score (nSPS) is 12.1. The number of halogens is 1. The highest BCUT2D eigenvalue weighted by molar-refractivity contribution is 8.13. The van der Waals surface area contributed by atoms with Crippen molar-refractivity contribution in [2.45, 2.75) is 32.1 Å².